The van der Waals surface area contributed by atoms with Gasteiger partial charge in [0.1, 0.15) is 17.5 Å². The summed E-state index contributed by atoms with van der Waals surface area (Å²) in [7, 11) is 1.58. The van der Waals surface area contributed by atoms with Crippen molar-refractivity contribution in [1.29, 1.82) is 0 Å². The molecule has 0 aromatic heterocycles. The molecule has 6 nitrogen and oxygen atoms in total. The number of rotatable bonds is 5. The molecule has 1 aliphatic rings. The zero-order chi connectivity index (χ0) is 18.7. The van der Waals surface area contributed by atoms with Gasteiger partial charge in [0.15, 0.2) is 6.10 Å². The third kappa shape index (κ3) is 3.64. The van der Waals surface area contributed by atoms with E-state index in [9.17, 15) is 9.59 Å². The number of carbonyl (C=O) groups excluding carboxylic acids is 2. The maximum atomic E-state index is 12.9. The largest absolute Gasteiger partial charge is 0.497 e. The third-order valence-electron chi connectivity index (χ3n) is 4.58. The summed E-state index contributed by atoms with van der Waals surface area (Å²) in [5, 5.41) is 0. The van der Waals surface area contributed by atoms with Gasteiger partial charge in [-0.2, -0.15) is 0 Å². The number of methoxy groups -OCH3 is 1. The molecule has 6 heteroatoms. The van der Waals surface area contributed by atoms with Crippen LogP contribution in [0.1, 0.15) is 18.1 Å². The van der Waals surface area contributed by atoms with E-state index in [0.717, 1.165) is 11.1 Å². The molecule has 2 unspecified atom stereocenters. The van der Waals surface area contributed by atoms with Crippen LogP contribution >= 0.6 is 0 Å². The van der Waals surface area contributed by atoms with E-state index in [0.29, 0.717) is 24.5 Å². The minimum Gasteiger partial charge on any atom is -0.497 e. The monoisotopic (exact) mass is 354 g/mol. The molecule has 0 saturated heterocycles. The summed E-state index contributed by atoms with van der Waals surface area (Å²) in [5.41, 5.74) is 7.62. The SMILES string of the molecule is COc1ccc(OC(C)C(=O)N2Cc3ccccc3CC2C(N)=O)cc1. The second-order valence-corrected chi connectivity index (χ2v) is 6.29. The predicted molar refractivity (Wildman–Crippen MR) is 96.8 cm³/mol. The smallest absolute Gasteiger partial charge is 0.264 e. The zero-order valence-corrected chi connectivity index (χ0v) is 14.8. The lowest BCUT2D eigenvalue weighted by molar-refractivity contribution is -0.146. The van der Waals surface area contributed by atoms with E-state index in [1.165, 1.54) is 4.90 Å². The van der Waals surface area contributed by atoms with Gasteiger partial charge in [-0.3, -0.25) is 9.59 Å². The van der Waals surface area contributed by atoms with E-state index in [1.807, 2.05) is 24.3 Å². The van der Waals surface area contributed by atoms with Crippen molar-refractivity contribution in [3.63, 3.8) is 0 Å². The van der Waals surface area contributed by atoms with Crippen LogP contribution in [0.3, 0.4) is 0 Å². The van der Waals surface area contributed by atoms with Crippen LogP contribution in [-0.2, 0) is 22.6 Å². The normalized spacial score (nSPS) is 17.2. The first-order valence-corrected chi connectivity index (χ1v) is 8.47. The third-order valence-corrected chi connectivity index (χ3v) is 4.58. The number of benzene rings is 2. The first-order chi connectivity index (χ1) is 12.5. The minimum absolute atomic E-state index is 0.265. The van der Waals surface area contributed by atoms with Gasteiger partial charge in [-0.1, -0.05) is 24.3 Å². The van der Waals surface area contributed by atoms with E-state index in [-0.39, 0.29) is 5.91 Å². The number of ether oxygens (including phenoxy) is 2. The van der Waals surface area contributed by atoms with E-state index in [2.05, 4.69) is 0 Å². The molecule has 0 aliphatic carbocycles. The highest BCUT2D eigenvalue weighted by Gasteiger charge is 2.35. The van der Waals surface area contributed by atoms with Crippen molar-refractivity contribution in [2.24, 2.45) is 5.73 Å². The minimum atomic E-state index is -0.740. The van der Waals surface area contributed by atoms with E-state index < -0.39 is 18.1 Å². The number of amides is 2. The van der Waals surface area contributed by atoms with Gasteiger partial charge < -0.3 is 20.1 Å². The van der Waals surface area contributed by atoms with Crippen LogP contribution in [0.15, 0.2) is 48.5 Å². The first kappa shape index (κ1) is 17.8. The summed E-state index contributed by atoms with van der Waals surface area (Å²) in [5.74, 6) is 0.487. The van der Waals surface area contributed by atoms with Crippen LogP contribution in [0.25, 0.3) is 0 Å². The summed E-state index contributed by atoms with van der Waals surface area (Å²) in [6.45, 7) is 2.02. The fraction of sp³-hybridized carbons (Fsp3) is 0.300. The number of hydrogen-bond acceptors (Lipinski definition) is 4. The number of fused-ring (bicyclic) bond motifs is 1. The molecule has 2 atom stereocenters. The Kier molecular flexibility index (Phi) is 5.11. The first-order valence-electron chi connectivity index (χ1n) is 8.47. The van der Waals surface area contributed by atoms with Crippen molar-refractivity contribution in [3.8, 4) is 11.5 Å². The zero-order valence-electron chi connectivity index (χ0n) is 14.8. The lowest BCUT2D eigenvalue weighted by atomic mass is 9.93. The molecule has 0 spiro atoms. The van der Waals surface area contributed by atoms with Crippen LogP contribution in [-0.4, -0.2) is 36.0 Å². The quantitative estimate of drug-likeness (QED) is 0.889. The summed E-state index contributed by atoms with van der Waals surface area (Å²) >= 11 is 0. The molecule has 2 N–H and O–H groups in total. The molecule has 2 aromatic rings. The van der Waals surface area contributed by atoms with Crippen LogP contribution in [0.5, 0.6) is 11.5 Å². The standard InChI is InChI=1S/C20H22N2O4/c1-13(26-17-9-7-16(25-2)8-10-17)20(24)22-12-15-6-4-3-5-14(15)11-18(22)19(21)23/h3-10,13,18H,11-12H2,1-2H3,(H2,21,23). The molecule has 1 aliphatic heterocycles. The Morgan fingerprint density at radius 3 is 2.31 bits per heavy atom. The fourth-order valence-electron chi connectivity index (χ4n) is 3.15. The summed E-state index contributed by atoms with van der Waals surface area (Å²) in [4.78, 5) is 26.3. The number of primary amides is 1. The number of nitrogens with two attached hydrogens (primary N) is 1. The molecule has 2 amide bonds. The summed E-state index contributed by atoms with van der Waals surface area (Å²) in [6, 6.07) is 14.1. The van der Waals surface area contributed by atoms with Crippen LogP contribution in [0, 0.1) is 0 Å². The van der Waals surface area contributed by atoms with Crippen molar-refractivity contribution >= 4 is 11.8 Å². The lowest BCUT2D eigenvalue weighted by Crippen LogP contribution is -2.54. The lowest BCUT2D eigenvalue weighted by Gasteiger charge is -2.36. The number of hydrogen-bond donors (Lipinski definition) is 1. The van der Waals surface area contributed by atoms with Gasteiger partial charge >= 0.3 is 0 Å². The molecule has 3 rings (SSSR count). The highest BCUT2D eigenvalue weighted by Crippen LogP contribution is 2.25. The Morgan fingerprint density at radius 1 is 1.08 bits per heavy atom. The van der Waals surface area contributed by atoms with Crippen molar-refractivity contribution in [2.75, 3.05) is 7.11 Å². The molecule has 2 aromatic carbocycles. The molecule has 0 radical (unpaired) electrons. The highest BCUT2D eigenvalue weighted by molar-refractivity contribution is 5.89. The van der Waals surface area contributed by atoms with Crippen molar-refractivity contribution < 1.29 is 19.1 Å². The van der Waals surface area contributed by atoms with Gasteiger partial charge in [0.05, 0.1) is 7.11 Å². The van der Waals surface area contributed by atoms with Crippen molar-refractivity contribution in [2.45, 2.75) is 32.0 Å². The van der Waals surface area contributed by atoms with Gasteiger partial charge in [0.25, 0.3) is 5.91 Å². The molecule has 26 heavy (non-hydrogen) atoms. The molecular weight excluding hydrogens is 332 g/mol. The maximum absolute atomic E-state index is 12.9. The van der Waals surface area contributed by atoms with Crippen LogP contribution in [0.2, 0.25) is 0 Å². The van der Waals surface area contributed by atoms with Crippen molar-refractivity contribution in [3.05, 3.63) is 59.7 Å². The molecule has 0 saturated carbocycles. The predicted octanol–water partition coefficient (Wildman–Crippen LogP) is 1.90. The average molecular weight is 354 g/mol. The average Bonchev–Trinajstić information content (AvgIpc) is 2.66. The summed E-state index contributed by atoms with van der Waals surface area (Å²) in [6.07, 6.45) is -0.317. The topological polar surface area (TPSA) is 81.9 Å². The molecular formula is C20H22N2O4. The van der Waals surface area contributed by atoms with E-state index in [4.69, 9.17) is 15.2 Å². The second kappa shape index (κ2) is 7.47. The van der Waals surface area contributed by atoms with Crippen LogP contribution < -0.4 is 15.2 Å². The van der Waals surface area contributed by atoms with Gasteiger partial charge in [0, 0.05) is 13.0 Å². The van der Waals surface area contributed by atoms with Gasteiger partial charge in [-0.25, -0.2) is 0 Å². The Labute approximate surface area is 152 Å². The van der Waals surface area contributed by atoms with Gasteiger partial charge in [-0.15, -0.1) is 0 Å². The maximum Gasteiger partial charge on any atom is 0.264 e. The van der Waals surface area contributed by atoms with Gasteiger partial charge in [0.2, 0.25) is 5.91 Å². The Hall–Kier alpha value is -3.02. The fourth-order valence-corrected chi connectivity index (χ4v) is 3.15. The molecule has 0 bridgehead atoms. The number of nitrogens with zero attached hydrogens (tertiary/aromatic N) is 1. The molecule has 0 fully saturated rings. The Balaban J connectivity index is 1.76. The molecule has 136 valence electrons. The highest BCUT2D eigenvalue weighted by atomic mass is 16.5. The van der Waals surface area contributed by atoms with Gasteiger partial charge in [-0.05, 0) is 42.3 Å². The second-order valence-electron chi connectivity index (χ2n) is 6.29. The van der Waals surface area contributed by atoms with E-state index in [1.54, 1.807) is 38.3 Å². The Bertz CT molecular complexity index is 804. The van der Waals surface area contributed by atoms with Crippen LogP contribution in [0.4, 0.5) is 0 Å². The molecule has 1 heterocycles. The number of carbonyl (C=O) groups is 2. The van der Waals surface area contributed by atoms with Crippen molar-refractivity contribution in [1.82, 2.24) is 4.90 Å². The Morgan fingerprint density at radius 2 is 1.69 bits per heavy atom. The summed E-state index contributed by atoms with van der Waals surface area (Å²) < 4.78 is 10.9. The van der Waals surface area contributed by atoms with E-state index >= 15 is 0 Å².